The molecule has 0 aliphatic carbocycles. The van der Waals surface area contributed by atoms with Crippen molar-refractivity contribution >= 4 is 22.6 Å². The van der Waals surface area contributed by atoms with Gasteiger partial charge in [-0.1, -0.05) is 48.5 Å². The van der Waals surface area contributed by atoms with Gasteiger partial charge >= 0.3 is 0 Å². The molecular weight excluding hydrogens is 412 g/mol. The molecule has 4 aromatic rings. The van der Waals surface area contributed by atoms with Crippen molar-refractivity contribution in [3.05, 3.63) is 66.2 Å². The van der Waals surface area contributed by atoms with Crippen molar-refractivity contribution in [2.75, 3.05) is 32.0 Å². The van der Waals surface area contributed by atoms with Crippen molar-refractivity contribution in [2.45, 2.75) is 12.5 Å². The number of carbonyl (C=O) groups is 1. The molecule has 4 heterocycles. The number of pyridine rings is 1. The summed E-state index contributed by atoms with van der Waals surface area (Å²) in [5, 5.41) is 9.43. The normalized spacial score (nSPS) is 20.2. The lowest BCUT2D eigenvalue weighted by Crippen LogP contribution is -2.45. The van der Waals surface area contributed by atoms with E-state index in [-0.39, 0.29) is 6.04 Å². The number of primary amides is 1. The third kappa shape index (κ3) is 3.36. The minimum atomic E-state index is -0.462. The predicted molar refractivity (Wildman–Crippen MR) is 130 cm³/mol. The number of benzene rings is 2. The van der Waals surface area contributed by atoms with E-state index in [1.54, 1.807) is 0 Å². The summed E-state index contributed by atoms with van der Waals surface area (Å²) in [6, 6.07) is 20.5. The highest BCUT2D eigenvalue weighted by Gasteiger charge is 2.37. The van der Waals surface area contributed by atoms with Crippen LogP contribution in [0, 0.1) is 5.92 Å². The van der Waals surface area contributed by atoms with Crippen LogP contribution in [0.15, 0.2) is 60.7 Å². The Kier molecular flexibility index (Phi) is 4.66. The Morgan fingerprint density at radius 1 is 1.09 bits per heavy atom. The second kappa shape index (κ2) is 7.71. The van der Waals surface area contributed by atoms with Gasteiger partial charge < -0.3 is 16.0 Å². The molecule has 0 saturated carbocycles. The Balaban J connectivity index is 1.46. The topological polar surface area (TPSA) is 89.1 Å². The Hall–Kier alpha value is -3.71. The van der Waals surface area contributed by atoms with Crippen molar-refractivity contribution in [1.29, 1.82) is 0 Å². The summed E-state index contributed by atoms with van der Waals surface area (Å²) in [4.78, 5) is 19.8. The third-order valence-corrected chi connectivity index (χ3v) is 6.93. The SMILES string of the molecule is CN1CCC2C(CNc3c(C(N)=O)c(-c4ccc5ccc(-c6ccccc6)nc5c4)nn32)C1. The molecule has 7 nitrogen and oxygen atoms in total. The number of piperidine rings is 1. The molecule has 0 radical (unpaired) electrons. The van der Waals surface area contributed by atoms with E-state index in [0.717, 1.165) is 59.6 Å². The lowest BCUT2D eigenvalue weighted by atomic mass is 9.90. The molecule has 0 bridgehead atoms. The lowest BCUT2D eigenvalue weighted by Gasteiger charge is -2.40. The van der Waals surface area contributed by atoms with Crippen LogP contribution in [0.25, 0.3) is 33.4 Å². The van der Waals surface area contributed by atoms with Gasteiger partial charge in [-0.3, -0.25) is 4.79 Å². The zero-order valence-electron chi connectivity index (χ0n) is 18.5. The van der Waals surface area contributed by atoms with E-state index in [9.17, 15) is 4.79 Å². The quantitative estimate of drug-likeness (QED) is 0.508. The Morgan fingerprint density at radius 3 is 2.73 bits per heavy atom. The highest BCUT2D eigenvalue weighted by molar-refractivity contribution is 6.04. The largest absolute Gasteiger partial charge is 0.369 e. The molecule has 2 unspecified atom stereocenters. The van der Waals surface area contributed by atoms with Gasteiger partial charge in [-0.2, -0.15) is 5.10 Å². The van der Waals surface area contributed by atoms with Gasteiger partial charge in [-0.15, -0.1) is 0 Å². The van der Waals surface area contributed by atoms with E-state index in [1.807, 2.05) is 47.1 Å². The van der Waals surface area contributed by atoms with Crippen molar-refractivity contribution in [3.63, 3.8) is 0 Å². The average Bonchev–Trinajstić information content (AvgIpc) is 3.24. The van der Waals surface area contributed by atoms with Crippen LogP contribution in [0.4, 0.5) is 5.82 Å². The number of aromatic nitrogens is 3. The molecule has 2 aliphatic rings. The van der Waals surface area contributed by atoms with Crippen LogP contribution >= 0.6 is 0 Å². The molecule has 3 N–H and O–H groups in total. The Bertz CT molecular complexity index is 1360. The maximum Gasteiger partial charge on any atom is 0.254 e. The molecule has 1 amide bonds. The summed E-state index contributed by atoms with van der Waals surface area (Å²) < 4.78 is 2.01. The number of carbonyl (C=O) groups excluding carboxylic acids is 1. The van der Waals surface area contributed by atoms with Gasteiger partial charge in [0.1, 0.15) is 17.1 Å². The van der Waals surface area contributed by atoms with Gasteiger partial charge in [0.25, 0.3) is 5.91 Å². The monoisotopic (exact) mass is 438 g/mol. The fourth-order valence-electron chi connectivity index (χ4n) is 5.27. The first-order valence-electron chi connectivity index (χ1n) is 11.4. The molecule has 7 heteroatoms. The number of hydrogen-bond donors (Lipinski definition) is 2. The van der Waals surface area contributed by atoms with Crippen LogP contribution < -0.4 is 11.1 Å². The van der Waals surface area contributed by atoms with Gasteiger partial charge in [-0.05, 0) is 32.1 Å². The van der Waals surface area contributed by atoms with Gasteiger partial charge in [0, 0.05) is 35.5 Å². The van der Waals surface area contributed by atoms with E-state index in [1.165, 1.54) is 0 Å². The molecule has 6 rings (SSSR count). The first-order chi connectivity index (χ1) is 16.1. The Labute approximate surface area is 192 Å². The molecule has 2 aliphatic heterocycles. The van der Waals surface area contributed by atoms with Gasteiger partial charge in [-0.25, -0.2) is 9.67 Å². The van der Waals surface area contributed by atoms with Gasteiger partial charge in [0.05, 0.1) is 17.3 Å². The Morgan fingerprint density at radius 2 is 1.91 bits per heavy atom. The van der Waals surface area contributed by atoms with Crippen molar-refractivity contribution in [1.82, 2.24) is 19.7 Å². The second-order valence-electron chi connectivity index (χ2n) is 9.11. The summed E-state index contributed by atoms with van der Waals surface area (Å²) in [5.74, 6) is 0.738. The van der Waals surface area contributed by atoms with Gasteiger partial charge in [0.15, 0.2) is 0 Å². The summed E-state index contributed by atoms with van der Waals surface area (Å²) in [6.07, 6.45) is 1.01. The maximum absolute atomic E-state index is 12.5. The molecule has 1 fully saturated rings. The van der Waals surface area contributed by atoms with Crippen molar-refractivity contribution in [3.8, 4) is 22.5 Å². The lowest BCUT2D eigenvalue weighted by molar-refractivity contribution is 0.100. The molecular formula is C26H26N6O. The number of rotatable bonds is 3. The van der Waals surface area contributed by atoms with Gasteiger partial charge in [0.2, 0.25) is 0 Å². The number of nitrogens with two attached hydrogens (primary N) is 1. The van der Waals surface area contributed by atoms with Crippen LogP contribution in [0.2, 0.25) is 0 Å². The van der Waals surface area contributed by atoms with Crippen molar-refractivity contribution in [2.24, 2.45) is 11.7 Å². The number of likely N-dealkylation sites (tertiary alicyclic amines) is 1. The number of fused-ring (bicyclic) bond motifs is 4. The summed E-state index contributed by atoms with van der Waals surface area (Å²) in [7, 11) is 2.15. The van der Waals surface area contributed by atoms with E-state index in [0.29, 0.717) is 17.2 Å². The van der Waals surface area contributed by atoms with Crippen LogP contribution in [0.3, 0.4) is 0 Å². The zero-order chi connectivity index (χ0) is 22.5. The fraction of sp³-hybridized carbons (Fsp3) is 0.269. The summed E-state index contributed by atoms with van der Waals surface area (Å²) >= 11 is 0. The number of nitrogens with zero attached hydrogens (tertiary/aromatic N) is 4. The average molecular weight is 439 g/mol. The molecule has 1 saturated heterocycles. The summed E-state index contributed by atoms with van der Waals surface area (Å²) in [6.45, 7) is 2.85. The van der Waals surface area contributed by atoms with Crippen molar-refractivity contribution < 1.29 is 4.79 Å². The van der Waals surface area contributed by atoms with E-state index in [4.69, 9.17) is 15.8 Å². The number of hydrogen-bond acceptors (Lipinski definition) is 5. The zero-order valence-corrected chi connectivity index (χ0v) is 18.5. The highest BCUT2D eigenvalue weighted by Crippen LogP contribution is 2.39. The van der Waals surface area contributed by atoms with E-state index < -0.39 is 5.91 Å². The third-order valence-electron chi connectivity index (χ3n) is 6.93. The maximum atomic E-state index is 12.5. The first-order valence-corrected chi connectivity index (χ1v) is 11.4. The standard InChI is InChI=1S/C26H26N6O/c1-31-12-11-22-19(15-31)14-28-26-23(25(27)33)24(30-32(22)26)18-8-7-17-9-10-20(29-21(17)13-18)16-5-3-2-4-6-16/h2-10,13,19,22,28H,11-12,14-15H2,1H3,(H2,27,33). The highest BCUT2D eigenvalue weighted by atomic mass is 16.1. The van der Waals surface area contributed by atoms with Crippen LogP contribution in [-0.4, -0.2) is 52.3 Å². The number of nitrogens with one attached hydrogen (secondary N) is 1. The number of amides is 1. The van der Waals surface area contributed by atoms with Crippen LogP contribution in [-0.2, 0) is 0 Å². The van der Waals surface area contributed by atoms with Crippen LogP contribution in [0.5, 0.6) is 0 Å². The number of anilines is 1. The fourth-order valence-corrected chi connectivity index (χ4v) is 5.27. The van der Waals surface area contributed by atoms with E-state index in [2.05, 4.69) is 35.5 Å². The molecule has 2 aromatic carbocycles. The smallest absolute Gasteiger partial charge is 0.254 e. The molecule has 2 aromatic heterocycles. The predicted octanol–water partition coefficient (Wildman–Crippen LogP) is 3.78. The summed E-state index contributed by atoms with van der Waals surface area (Å²) in [5.41, 5.74) is 10.6. The second-order valence-corrected chi connectivity index (χ2v) is 9.11. The van der Waals surface area contributed by atoms with E-state index >= 15 is 0 Å². The molecule has 0 spiro atoms. The van der Waals surface area contributed by atoms with Crippen LogP contribution in [0.1, 0.15) is 22.8 Å². The minimum absolute atomic E-state index is 0.271. The molecule has 2 atom stereocenters. The molecule has 33 heavy (non-hydrogen) atoms. The first kappa shape index (κ1) is 19.9. The minimum Gasteiger partial charge on any atom is -0.369 e. The molecule has 166 valence electrons.